The monoisotopic (exact) mass is 292 g/mol. The molecule has 0 aliphatic carbocycles. The fourth-order valence-electron chi connectivity index (χ4n) is 1.65. The van der Waals surface area contributed by atoms with Gasteiger partial charge < -0.3 is 14.9 Å². The van der Waals surface area contributed by atoms with E-state index in [0.717, 1.165) is 11.1 Å². The molecule has 2 aromatic carbocycles. The second-order valence-electron chi connectivity index (χ2n) is 4.21. The number of carboxylic acid groups (broad SMARTS) is 1. The van der Waals surface area contributed by atoms with Crippen LogP contribution in [0.2, 0.25) is 5.02 Å². The van der Waals surface area contributed by atoms with Gasteiger partial charge in [-0.1, -0.05) is 35.9 Å². The van der Waals surface area contributed by atoms with E-state index in [-0.39, 0.29) is 17.2 Å². The van der Waals surface area contributed by atoms with Crippen molar-refractivity contribution in [1.82, 2.24) is 0 Å². The maximum absolute atomic E-state index is 10.8. The van der Waals surface area contributed by atoms with Gasteiger partial charge in [-0.25, -0.2) is 4.79 Å². The summed E-state index contributed by atoms with van der Waals surface area (Å²) in [6.45, 7) is 0.321. The van der Waals surface area contributed by atoms with Crippen molar-refractivity contribution in [3.05, 3.63) is 64.2 Å². The number of carbonyl (C=O) groups is 1. The third kappa shape index (κ3) is 3.50. The number of carboxylic acids is 1. The molecule has 0 aliphatic rings. The van der Waals surface area contributed by atoms with Crippen LogP contribution in [0.15, 0.2) is 42.5 Å². The molecule has 0 saturated heterocycles. The Morgan fingerprint density at radius 1 is 1.10 bits per heavy atom. The Hall–Kier alpha value is -2.04. The third-order valence-corrected chi connectivity index (χ3v) is 3.07. The minimum Gasteiger partial charge on any atom is -0.487 e. The molecule has 0 aliphatic heterocycles. The second kappa shape index (κ2) is 6.41. The number of aliphatic hydroxyl groups is 1. The van der Waals surface area contributed by atoms with Gasteiger partial charge in [0.25, 0.3) is 0 Å². The molecule has 2 N–H and O–H groups in total. The molecule has 0 unspecified atom stereocenters. The molecule has 0 atom stereocenters. The average Bonchev–Trinajstić information content (AvgIpc) is 2.46. The van der Waals surface area contributed by atoms with Crippen LogP contribution in [0, 0.1) is 0 Å². The molecule has 0 spiro atoms. The van der Waals surface area contributed by atoms with Crippen molar-refractivity contribution < 1.29 is 19.7 Å². The van der Waals surface area contributed by atoms with Crippen molar-refractivity contribution in [1.29, 1.82) is 0 Å². The Morgan fingerprint density at radius 2 is 1.75 bits per heavy atom. The number of benzene rings is 2. The molecule has 0 radical (unpaired) electrons. The van der Waals surface area contributed by atoms with E-state index >= 15 is 0 Å². The van der Waals surface area contributed by atoms with Gasteiger partial charge in [-0.2, -0.15) is 0 Å². The molecule has 5 heteroatoms. The first kappa shape index (κ1) is 14.4. The van der Waals surface area contributed by atoms with Gasteiger partial charge in [0.15, 0.2) is 0 Å². The number of ether oxygens (including phenoxy) is 1. The quantitative estimate of drug-likeness (QED) is 0.888. The van der Waals surface area contributed by atoms with Gasteiger partial charge in [-0.05, 0) is 29.3 Å². The van der Waals surface area contributed by atoms with Crippen molar-refractivity contribution in [2.75, 3.05) is 0 Å². The number of rotatable bonds is 5. The summed E-state index contributed by atoms with van der Waals surface area (Å²) in [5.74, 6) is -0.596. The lowest BCUT2D eigenvalue weighted by molar-refractivity contribution is 0.0697. The zero-order valence-corrected chi connectivity index (χ0v) is 11.3. The number of aliphatic hydroxyl groups excluding tert-OH is 1. The number of halogens is 1. The van der Waals surface area contributed by atoms with Crippen molar-refractivity contribution in [2.24, 2.45) is 0 Å². The number of aromatic carboxylic acids is 1. The molecule has 2 aromatic rings. The molecule has 0 aromatic heterocycles. The van der Waals surface area contributed by atoms with Gasteiger partial charge in [0.05, 0.1) is 17.2 Å². The molecule has 104 valence electrons. The largest absolute Gasteiger partial charge is 0.487 e. The molecular weight excluding hydrogens is 280 g/mol. The van der Waals surface area contributed by atoms with E-state index in [0.29, 0.717) is 12.4 Å². The Labute approximate surface area is 121 Å². The molecule has 20 heavy (non-hydrogen) atoms. The van der Waals surface area contributed by atoms with Gasteiger partial charge >= 0.3 is 5.97 Å². The van der Waals surface area contributed by atoms with Crippen LogP contribution in [0.4, 0.5) is 0 Å². The van der Waals surface area contributed by atoms with E-state index in [1.165, 1.54) is 18.2 Å². The average molecular weight is 293 g/mol. The highest BCUT2D eigenvalue weighted by Gasteiger charge is 2.08. The summed E-state index contributed by atoms with van der Waals surface area (Å²) in [5, 5.41) is 18.0. The molecule has 0 bridgehead atoms. The highest BCUT2D eigenvalue weighted by Crippen LogP contribution is 2.26. The van der Waals surface area contributed by atoms with E-state index in [4.69, 9.17) is 26.6 Å². The summed E-state index contributed by atoms with van der Waals surface area (Å²) in [5.41, 5.74) is 1.88. The van der Waals surface area contributed by atoms with Gasteiger partial charge in [0.1, 0.15) is 12.4 Å². The van der Waals surface area contributed by atoms with Crippen molar-refractivity contribution in [3.8, 4) is 5.75 Å². The van der Waals surface area contributed by atoms with Crippen LogP contribution < -0.4 is 4.74 Å². The lowest BCUT2D eigenvalue weighted by atomic mass is 10.1. The predicted octanol–water partition coefficient (Wildman–Crippen LogP) is 3.11. The van der Waals surface area contributed by atoms with Gasteiger partial charge in [0.2, 0.25) is 0 Å². The summed E-state index contributed by atoms with van der Waals surface area (Å²) in [4.78, 5) is 10.8. The SMILES string of the molecule is O=C(O)c1ccc(OCc2ccc(CO)cc2)c(Cl)c1. The zero-order chi connectivity index (χ0) is 14.5. The highest BCUT2D eigenvalue weighted by atomic mass is 35.5. The molecule has 0 fully saturated rings. The summed E-state index contributed by atoms with van der Waals surface area (Å²) >= 11 is 5.97. The summed E-state index contributed by atoms with van der Waals surface area (Å²) < 4.78 is 5.54. The minimum absolute atomic E-state index is 0.00359. The first-order valence-corrected chi connectivity index (χ1v) is 6.32. The topological polar surface area (TPSA) is 66.8 Å². The first-order chi connectivity index (χ1) is 9.60. The van der Waals surface area contributed by atoms with Crippen molar-refractivity contribution >= 4 is 17.6 Å². The van der Waals surface area contributed by atoms with Crippen LogP contribution in [-0.2, 0) is 13.2 Å². The van der Waals surface area contributed by atoms with E-state index in [9.17, 15) is 4.79 Å². The molecule has 0 saturated carbocycles. The van der Waals surface area contributed by atoms with Crippen LogP contribution in [0.1, 0.15) is 21.5 Å². The summed E-state index contributed by atoms with van der Waals surface area (Å²) in [7, 11) is 0. The fourth-order valence-corrected chi connectivity index (χ4v) is 1.89. The lowest BCUT2D eigenvalue weighted by Gasteiger charge is -2.09. The molecular formula is C15H13ClO4. The van der Waals surface area contributed by atoms with Crippen molar-refractivity contribution in [2.45, 2.75) is 13.2 Å². The van der Waals surface area contributed by atoms with E-state index in [2.05, 4.69) is 0 Å². The molecule has 4 nitrogen and oxygen atoms in total. The Kier molecular flexibility index (Phi) is 4.61. The van der Waals surface area contributed by atoms with Gasteiger partial charge in [-0.15, -0.1) is 0 Å². The van der Waals surface area contributed by atoms with E-state index in [1.54, 1.807) is 0 Å². The Balaban J connectivity index is 2.04. The van der Waals surface area contributed by atoms with Gasteiger partial charge in [-0.3, -0.25) is 0 Å². The normalized spacial score (nSPS) is 10.3. The standard InChI is InChI=1S/C15H13ClO4/c16-13-7-12(15(18)19)5-6-14(13)20-9-11-3-1-10(8-17)2-4-11/h1-7,17H,8-9H2,(H,18,19). The van der Waals surface area contributed by atoms with Crippen LogP contribution >= 0.6 is 11.6 Å². The van der Waals surface area contributed by atoms with Gasteiger partial charge in [0, 0.05) is 0 Å². The van der Waals surface area contributed by atoms with E-state index in [1.807, 2.05) is 24.3 Å². The smallest absolute Gasteiger partial charge is 0.335 e. The Morgan fingerprint density at radius 3 is 2.30 bits per heavy atom. The number of hydrogen-bond acceptors (Lipinski definition) is 3. The van der Waals surface area contributed by atoms with Crippen LogP contribution in [0.5, 0.6) is 5.75 Å². The molecule has 2 rings (SSSR count). The predicted molar refractivity (Wildman–Crippen MR) is 75.1 cm³/mol. The lowest BCUT2D eigenvalue weighted by Crippen LogP contribution is -1.99. The molecule has 0 heterocycles. The van der Waals surface area contributed by atoms with E-state index < -0.39 is 5.97 Å². The summed E-state index contributed by atoms with van der Waals surface area (Å²) in [6, 6.07) is 11.7. The van der Waals surface area contributed by atoms with Crippen LogP contribution in [0.25, 0.3) is 0 Å². The Bertz CT molecular complexity index is 608. The fraction of sp³-hybridized carbons (Fsp3) is 0.133. The first-order valence-electron chi connectivity index (χ1n) is 5.94. The minimum atomic E-state index is -1.03. The number of hydrogen-bond donors (Lipinski definition) is 2. The second-order valence-corrected chi connectivity index (χ2v) is 4.62. The summed E-state index contributed by atoms with van der Waals surface area (Å²) in [6.07, 6.45) is 0. The maximum atomic E-state index is 10.8. The van der Waals surface area contributed by atoms with Crippen LogP contribution in [-0.4, -0.2) is 16.2 Å². The zero-order valence-electron chi connectivity index (χ0n) is 10.5. The maximum Gasteiger partial charge on any atom is 0.335 e. The van der Waals surface area contributed by atoms with Crippen LogP contribution in [0.3, 0.4) is 0 Å². The third-order valence-electron chi connectivity index (χ3n) is 2.78. The molecule has 0 amide bonds. The highest BCUT2D eigenvalue weighted by molar-refractivity contribution is 6.32. The van der Waals surface area contributed by atoms with Crippen molar-refractivity contribution in [3.63, 3.8) is 0 Å².